The van der Waals surface area contributed by atoms with Crippen LogP contribution in [-0.4, -0.2) is 24.4 Å². The normalized spacial score (nSPS) is 15.7. The second-order valence-electron chi connectivity index (χ2n) is 8.99. The average molecular weight is 555 g/mol. The van der Waals surface area contributed by atoms with Gasteiger partial charge in [-0.2, -0.15) is 8.42 Å². The summed E-state index contributed by atoms with van der Waals surface area (Å²) in [5, 5.41) is 0.642. The highest BCUT2D eigenvalue weighted by atomic mass is 32.2. The molecule has 0 atom stereocenters. The van der Waals surface area contributed by atoms with E-state index in [1.165, 1.54) is 23.9 Å². The molecule has 0 aromatic heterocycles. The van der Waals surface area contributed by atoms with E-state index in [1.54, 1.807) is 47.4 Å². The van der Waals surface area contributed by atoms with Crippen molar-refractivity contribution in [1.29, 1.82) is 0 Å². The Kier molecular flexibility index (Phi) is 7.95. The van der Waals surface area contributed by atoms with Gasteiger partial charge in [0.1, 0.15) is 10.6 Å². The summed E-state index contributed by atoms with van der Waals surface area (Å²) in [6.45, 7) is 2.77. The number of hydrogen-bond acceptors (Lipinski definition) is 6. The lowest BCUT2D eigenvalue weighted by Crippen LogP contribution is -2.28. The fourth-order valence-corrected chi connectivity index (χ4v) is 5.83. The third-order valence-electron chi connectivity index (χ3n) is 6.00. The molecule has 1 fully saturated rings. The molecule has 8 heteroatoms. The highest BCUT2D eigenvalue weighted by molar-refractivity contribution is 8.18. The molecule has 0 radical (unpaired) electrons. The van der Waals surface area contributed by atoms with Gasteiger partial charge in [-0.15, -0.1) is 0 Å². The third-order valence-corrected chi connectivity index (χ3v) is 8.31. The molecule has 0 bridgehead atoms. The van der Waals surface area contributed by atoms with Crippen LogP contribution in [-0.2, 0) is 28.0 Å². The Labute approximate surface area is 232 Å². The van der Waals surface area contributed by atoms with Gasteiger partial charge in [-0.1, -0.05) is 90.5 Å². The van der Waals surface area contributed by atoms with Crippen molar-refractivity contribution in [3.05, 3.63) is 136 Å². The van der Waals surface area contributed by atoms with Gasteiger partial charge in [-0.3, -0.25) is 14.7 Å². The largest absolute Gasteiger partial charge is 0.379 e. The van der Waals surface area contributed by atoms with Crippen molar-refractivity contribution < 1.29 is 17.4 Å². The number of thioether (sulfide) groups is 1. The van der Waals surface area contributed by atoms with E-state index in [9.17, 15) is 13.2 Å². The van der Waals surface area contributed by atoms with Crippen LogP contribution >= 0.6 is 11.8 Å². The monoisotopic (exact) mass is 554 g/mol. The quantitative estimate of drug-likeness (QED) is 0.185. The highest BCUT2D eigenvalue weighted by Gasteiger charge is 2.33. The number of carbonyl (C=O) groups excluding carboxylic acids is 1. The molecule has 1 aliphatic rings. The van der Waals surface area contributed by atoms with E-state index in [-0.39, 0.29) is 16.6 Å². The molecule has 5 rings (SSSR count). The molecule has 1 aliphatic heterocycles. The first kappa shape index (κ1) is 26.5. The maximum Gasteiger partial charge on any atom is 0.339 e. The van der Waals surface area contributed by atoms with Crippen molar-refractivity contribution in [2.45, 2.75) is 24.9 Å². The molecule has 4 aromatic rings. The van der Waals surface area contributed by atoms with Gasteiger partial charge in [-0.05, 0) is 65.7 Å². The first-order valence-electron chi connectivity index (χ1n) is 12.3. The van der Waals surface area contributed by atoms with Crippen LogP contribution in [0.5, 0.6) is 5.75 Å². The zero-order valence-corrected chi connectivity index (χ0v) is 22.9. The smallest absolute Gasteiger partial charge is 0.339 e. The minimum absolute atomic E-state index is 0.0908. The zero-order valence-electron chi connectivity index (χ0n) is 21.2. The summed E-state index contributed by atoms with van der Waals surface area (Å²) in [7, 11) is -3.94. The second-order valence-corrected chi connectivity index (χ2v) is 11.5. The van der Waals surface area contributed by atoms with E-state index in [4.69, 9.17) is 9.18 Å². The molecule has 0 spiro atoms. The standard InChI is InChI=1S/C31H26N2O4S2/c1-23-12-18-28(19-13-23)39(35,36)37-27-16-14-24(15-17-27)20-29-30(34)33(22-26-10-6-3-7-11-26)31(38-29)32-21-25-8-4-2-5-9-25/h2-20H,21-22H2,1H3/b29-20+,32-31?. The van der Waals surface area contributed by atoms with Gasteiger partial charge in [-0.25, -0.2) is 0 Å². The molecule has 0 saturated carbocycles. The number of benzene rings is 4. The van der Waals surface area contributed by atoms with Crippen LogP contribution in [0.25, 0.3) is 6.08 Å². The third kappa shape index (κ3) is 6.66. The van der Waals surface area contributed by atoms with Crippen molar-refractivity contribution in [3.8, 4) is 5.75 Å². The number of amides is 1. The lowest BCUT2D eigenvalue weighted by Gasteiger charge is -2.15. The minimum atomic E-state index is -3.94. The Morgan fingerprint density at radius 1 is 0.821 bits per heavy atom. The van der Waals surface area contributed by atoms with E-state index in [2.05, 4.69) is 0 Å². The SMILES string of the molecule is Cc1ccc(S(=O)(=O)Oc2ccc(/C=C3/SC(=NCc4ccccc4)N(Cc4ccccc4)C3=O)cc2)cc1. The van der Waals surface area contributed by atoms with Crippen LogP contribution in [0.4, 0.5) is 0 Å². The lowest BCUT2D eigenvalue weighted by atomic mass is 10.2. The molecular formula is C31H26N2O4S2. The maximum absolute atomic E-state index is 13.4. The molecule has 4 aromatic carbocycles. The number of rotatable bonds is 8. The number of nitrogens with zero attached hydrogens (tertiary/aromatic N) is 2. The number of aryl methyl sites for hydroxylation is 1. The van der Waals surface area contributed by atoms with Crippen LogP contribution in [0.2, 0.25) is 0 Å². The van der Waals surface area contributed by atoms with Crippen molar-refractivity contribution in [2.75, 3.05) is 0 Å². The molecular weight excluding hydrogens is 528 g/mol. The fourth-order valence-electron chi connectivity index (χ4n) is 3.92. The molecule has 196 valence electrons. The van der Waals surface area contributed by atoms with E-state index in [0.717, 1.165) is 22.3 Å². The Morgan fingerprint density at radius 2 is 1.44 bits per heavy atom. The molecule has 39 heavy (non-hydrogen) atoms. The molecule has 1 heterocycles. The predicted molar refractivity (Wildman–Crippen MR) is 156 cm³/mol. The van der Waals surface area contributed by atoms with Crippen molar-refractivity contribution >= 4 is 39.0 Å². The van der Waals surface area contributed by atoms with E-state index in [0.29, 0.717) is 23.2 Å². The Bertz CT molecular complexity index is 1620. The minimum Gasteiger partial charge on any atom is -0.379 e. The predicted octanol–water partition coefficient (Wildman–Crippen LogP) is 6.44. The van der Waals surface area contributed by atoms with E-state index in [1.807, 2.05) is 67.6 Å². The van der Waals surface area contributed by atoms with Gasteiger partial charge in [0, 0.05) is 0 Å². The van der Waals surface area contributed by atoms with Gasteiger partial charge >= 0.3 is 10.1 Å². The molecule has 0 N–H and O–H groups in total. The summed E-state index contributed by atoms with van der Waals surface area (Å²) in [6.07, 6.45) is 1.79. The molecule has 1 saturated heterocycles. The molecule has 0 aliphatic carbocycles. The van der Waals surface area contributed by atoms with Crippen molar-refractivity contribution in [3.63, 3.8) is 0 Å². The first-order chi connectivity index (χ1) is 18.9. The lowest BCUT2D eigenvalue weighted by molar-refractivity contribution is -0.122. The molecule has 6 nitrogen and oxygen atoms in total. The average Bonchev–Trinajstić information content (AvgIpc) is 3.23. The number of carbonyl (C=O) groups is 1. The number of hydrogen-bond donors (Lipinski definition) is 0. The van der Waals surface area contributed by atoms with Crippen molar-refractivity contribution in [1.82, 2.24) is 4.90 Å². The van der Waals surface area contributed by atoms with Crippen molar-refractivity contribution in [2.24, 2.45) is 4.99 Å². The first-order valence-corrected chi connectivity index (χ1v) is 14.5. The number of aliphatic imine (C=N–C) groups is 1. The van der Waals surface area contributed by atoms with Crippen LogP contribution in [0.1, 0.15) is 22.3 Å². The Balaban J connectivity index is 1.35. The summed E-state index contributed by atoms with van der Waals surface area (Å²) in [5.41, 5.74) is 3.78. The number of amidine groups is 1. The van der Waals surface area contributed by atoms with Gasteiger partial charge in [0.05, 0.1) is 18.0 Å². The zero-order chi connectivity index (χ0) is 27.2. The van der Waals surface area contributed by atoms with Gasteiger partial charge < -0.3 is 4.18 Å². The van der Waals surface area contributed by atoms with Crippen LogP contribution < -0.4 is 4.18 Å². The second kappa shape index (κ2) is 11.7. The van der Waals surface area contributed by atoms with Gasteiger partial charge in [0.15, 0.2) is 5.17 Å². The summed E-state index contributed by atoms with van der Waals surface area (Å²) >= 11 is 1.33. The van der Waals surface area contributed by atoms with E-state index < -0.39 is 10.1 Å². The van der Waals surface area contributed by atoms with Crippen LogP contribution in [0.3, 0.4) is 0 Å². The summed E-state index contributed by atoms with van der Waals surface area (Å²) < 4.78 is 30.5. The molecule has 0 unspecified atom stereocenters. The summed E-state index contributed by atoms with van der Waals surface area (Å²) in [5.74, 6) is 0.0666. The maximum atomic E-state index is 13.4. The Morgan fingerprint density at radius 3 is 2.08 bits per heavy atom. The van der Waals surface area contributed by atoms with Gasteiger partial charge in [0.2, 0.25) is 0 Å². The van der Waals surface area contributed by atoms with E-state index >= 15 is 0 Å². The highest BCUT2D eigenvalue weighted by Crippen LogP contribution is 2.34. The van der Waals surface area contributed by atoms with Crippen LogP contribution in [0.15, 0.2) is 124 Å². The Hall–Kier alpha value is -4.14. The topological polar surface area (TPSA) is 76.0 Å². The van der Waals surface area contributed by atoms with Gasteiger partial charge in [0.25, 0.3) is 5.91 Å². The molecule has 1 amide bonds. The fraction of sp³-hybridized carbons (Fsp3) is 0.0968. The summed E-state index contributed by atoms with van der Waals surface area (Å²) in [4.78, 5) is 20.5. The van der Waals surface area contributed by atoms with Crippen LogP contribution in [0, 0.1) is 6.92 Å². The summed E-state index contributed by atoms with van der Waals surface area (Å²) in [6, 6.07) is 32.8.